The Balaban J connectivity index is 0.00000657. The van der Waals surface area contributed by atoms with E-state index in [4.69, 9.17) is 18.7 Å². The average Bonchev–Trinajstić information content (AvgIpc) is 4.10. The Bertz CT molecular complexity index is 4070. The second-order valence-corrected chi connectivity index (χ2v) is 16.5. The summed E-state index contributed by atoms with van der Waals surface area (Å²) in [5.74, 6) is 0.678. The van der Waals surface area contributed by atoms with Gasteiger partial charge < -0.3 is 14.0 Å². The van der Waals surface area contributed by atoms with Crippen molar-refractivity contribution in [3.05, 3.63) is 230 Å². The first-order chi connectivity index (χ1) is 36.0. The first-order valence-corrected chi connectivity index (χ1v) is 21.0. The van der Waals surface area contributed by atoms with Gasteiger partial charge in [0.1, 0.15) is 5.82 Å². The quantitative estimate of drug-likeness (QED) is 0.113. The van der Waals surface area contributed by atoms with Gasteiger partial charge in [-0.1, -0.05) is 182 Å². The van der Waals surface area contributed by atoms with Crippen molar-refractivity contribution < 1.29 is 39.3 Å². The summed E-state index contributed by atoms with van der Waals surface area (Å²) in [4.78, 5) is 6.83. The molecule has 66 heavy (non-hydrogen) atoms. The van der Waals surface area contributed by atoms with Crippen LogP contribution in [0.4, 0.5) is 17.1 Å². The summed E-state index contributed by atoms with van der Waals surface area (Å²) in [6.07, 6.45) is 5.27. The predicted octanol–water partition coefficient (Wildman–Crippen LogP) is 13.8. The van der Waals surface area contributed by atoms with Gasteiger partial charge in [-0.15, -0.1) is 18.2 Å². The molecule has 0 atom stereocenters. The van der Waals surface area contributed by atoms with E-state index < -0.39 is 60.4 Å². The van der Waals surface area contributed by atoms with E-state index in [0.29, 0.717) is 45.0 Å². The number of aromatic nitrogens is 4. The van der Waals surface area contributed by atoms with Crippen LogP contribution in [0, 0.1) is 29.8 Å². The maximum atomic E-state index is 11.0. The number of benzene rings is 8. The smallest absolute Gasteiger partial charge is 0.268 e. The fourth-order valence-corrected chi connectivity index (χ4v) is 8.50. The maximum Gasteiger partial charge on any atom is 0.268 e. The van der Waals surface area contributed by atoms with Crippen LogP contribution >= 0.6 is 0 Å². The fraction of sp³-hybridized carbons (Fsp3) is 0.0678. The van der Waals surface area contributed by atoms with Crippen LogP contribution in [0.25, 0.3) is 72.3 Å². The van der Waals surface area contributed by atoms with Crippen LogP contribution in [0.5, 0.6) is 0 Å². The molecule has 0 fully saturated rings. The number of hydrogen-bond acceptors (Lipinski definition) is 3. The predicted molar refractivity (Wildman–Crippen MR) is 262 cm³/mol. The van der Waals surface area contributed by atoms with Crippen molar-refractivity contribution in [1.29, 1.82) is 5.26 Å². The van der Waals surface area contributed by atoms with Crippen molar-refractivity contribution >= 4 is 49.9 Å². The molecule has 0 aliphatic heterocycles. The summed E-state index contributed by atoms with van der Waals surface area (Å²) >= 11 is 0. The van der Waals surface area contributed by atoms with Crippen molar-refractivity contribution in [2.75, 3.05) is 4.90 Å². The summed E-state index contributed by atoms with van der Waals surface area (Å²) < 4.78 is 93.1. The van der Waals surface area contributed by atoms with Gasteiger partial charge in [0.05, 0.1) is 36.5 Å². The summed E-state index contributed by atoms with van der Waals surface area (Å²) in [7, 11) is 0. The van der Waals surface area contributed by atoms with Crippen molar-refractivity contribution in [1.82, 2.24) is 14.1 Å². The van der Waals surface area contributed by atoms with Gasteiger partial charge in [0.15, 0.2) is 0 Å². The number of pyridine rings is 1. The van der Waals surface area contributed by atoms with Crippen molar-refractivity contribution in [3.63, 3.8) is 0 Å². The van der Waals surface area contributed by atoms with Gasteiger partial charge in [0.2, 0.25) is 0 Å². The van der Waals surface area contributed by atoms with Gasteiger partial charge in [-0.25, -0.2) is 4.98 Å². The molecule has 0 radical (unpaired) electrons. The average molecular weight is 1040 g/mol. The van der Waals surface area contributed by atoms with Gasteiger partial charge in [-0.3, -0.25) is 4.57 Å². The van der Waals surface area contributed by atoms with Crippen molar-refractivity contribution in [2.24, 2.45) is 0 Å². The summed E-state index contributed by atoms with van der Waals surface area (Å²) in [5.41, 5.74) is 6.40. The summed E-state index contributed by atoms with van der Waals surface area (Å²) in [5, 5.41) is 12.6. The molecule has 0 aliphatic carbocycles. The molecule has 0 saturated carbocycles. The van der Waals surface area contributed by atoms with E-state index in [2.05, 4.69) is 51.4 Å². The van der Waals surface area contributed by atoms with Gasteiger partial charge in [0, 0.05) is 38.5 Å². The molecule has 320 valence electrons. The van der Waals surface area contributed by atoms with E-state index in [1.165, 1.54) is 0 Å². The molecule has 11 aromatic rings. The standard InChI is InChI=1S/C59H42N6.Pt/c1-59(2,3)44-33-34-61-56(36-44)65-52-30-14-13-27-51(52)57-43(39-60)35-48(38-55(57)65)64(45-23-11-6-12-24-45)47-26-17-25-46(37-47)62-40-63(54-32-16-15-31-53(54)62)58-49(41-19-7-4-8-20-41)28-18-29-50(58)42-21-9-5-10-22-42;/h4-36H,1-3H3;/q-2;/i4D,5D,7D,8D,9D,10D,19D,20D,21D,22D;. The molecular formula is C59H42N6Pt-2. The Kier molecular flexibility index (Phi) is 8.35. The van der Waals surface area contributed by atoms with Crippen LogP contribution in [0.2, 0.25) is 0 Å². The van der Waals surface area contributed by atoms with Gasteiger partial charge in [-0.05, 0) is 80.2 Å². The third kappa shape index (κ3) is 7.38. The third-order valence-electron chi connectivity index (χ3n) is 11.5. The number of hydrogen-bond donors (Lipinski definition) is 0. The van der Waals surface area contributed by atoms with Crippen LogP contribution in [-0.4, -0.2) is 14.1 Å². The number of fused-ring (bicyclic) bond motifs is 4. The largest absolute Gasteiger partial charge is 0.359 e. The molecule has 11 rings (SSSR count). The molecule has 0 spiro atoms. The number of rotatable bonds is 8. The normalized spacial score (nSPS) is 13.5. The zero-order chi connectivity index (χ0) is 52.8. The van der Waals surface area contributed by atoms with Crippen LogP contribution in [0.15, 0.2) is 200 Å². The Labute approximate surface area is 413 Å². The summed E-state index contributed by atoms with van der Waals surface area (Å²) in [6, 6.07) is 45.6. The molecule has 0 saturated heterocycles. The monoisotopic (exact) mass is 1040 g/mol. The zero-order valence-electron chi connectivity index (χ0n) is 45.8. The number of nitriles is 1. The number of nitrogens with zero attached hydrogens (tertiary/aromatic N) is 6. The third-order valence-corrected chi connectivity index (χ3v) is 11.5. The van der Waals surface area contributed by atoms with Gasteiger partial charge >= 0.3 is 0 Å². The Hall–Kier alpha value is -7.84. The molecule has 3 aromatic heterocycles. The molecule has 0 amide bonds. The van der Waals surface area contributed by atoms with E-state index >= 15 is 0 Å². The minimum atomic E-state index is -0.584. The first kappa shape index (κ1) is 31.9. The molecule has 8 aromatic carbocycles. The number of anilines is 3. The van der Waals surface area contributed by atoms with Crippen LogP contribution < -0.4 is 9.47 Å². The summed E-state index contributed by atoms with van der Waals surface area (Å²) in [6.45, 7) is 6.45. The molecule has 0 aliphatic rings. The Morgan fingerprint density at radius 2 is 1.33 bits per heavy atom. The fourth-order valence-electron chi connectivity index (χ4n) is 8.50. The number of para-hydroxylation sites is 5. The zero-order valence-corrected chi connectivity index (χ0v) is 38.1. The molecule has 6 nitrogen and oxygen atoms in total. The van der Waals surface area contributed by atoms with Crippen LogP contribution in [0.3, 0.4) is 0 Å². The van der Waals surface area contributed by atoms with Crippen LogP contribution in [0.1, 0.15) is 45.6 Å². The molecule has 0 unspecified atom stereocenters. The van der Waals surface area contributed by atoms with E-state index in [-0.39, 0.29) is 54.4 Å². The molecule has 0 bridgehead atoms. The maximum absolute atomic E-state index is 11.0. The number of imidazole rings is 1. The minimum Gasteiger partial charge on any atom is -0.359 e. The van der Waals surface area contributed by atoms with E-state index in [1.54, 1.807) is 39.6 Å². The van der Waals surface area contributed by atoms with Crippen molar-refractivity contribution in [3.8, 4) is 45.5 Å². The Morgan fingerprint density at radius 1 is 0.682 bits per heavy atom. The Morgan fingerprint density at radius 3 is 2.03 bits per heavy atom. The first-order valence-electron chi connectivity index (χ1n) is 26.0. The van der Waals surface area contributed by atoms with E-state index in [9.17, 15) is 5.26 Å². The molecule has 3 heterocycles. The second-order valence-electron chi connectivity index (χ2n) is 16.5. The van der Waals surface area contributed by atoms with Gasteiger partial charge in [0.25, 0.3) is 6.33 Å². The van der Waals surface area contributed by atoms with Crippen molar-refractivity contribution in [2.45, 2.75) is 26.2 Å². The molecule has 0 N–H and O–H groups in total. The van der Waals surface area contributed by atoms with Gasteiger partial charge in [-0.2, -0.15) is 23.5 Å². The van der Waals surface area contributed by atoms with E-state index in [1.807, 2.05) is 113 Å². The topological polar surface area (TPSA) is 53.7 Å². The minimum absolute atomic E-state index is 0. The molecule has 7 heteroatoms. The second kappa shape index (κ2) is 17.3. The van der Waals surface area contributed by atoms with E-state index in [0.717, 1.165) is 27.5 Å². The SMILES string of the molecule is [2H]c1c([2H])c([2H])c(-c2cccc(-c3c([2H])c([2H])c([2H])c([2H])c3[2H])c2-[n+]2[c-]n(-c3[c-]c(N(c4[c-]c5c(c(C#N)c4)c4ccccc4n5-c4cc(C(C)(C)C)ccn4)c4ccccc4)ccc3)c3ccccc32)c([2H])c1[2H].[Pt]. The molecular weight excluding hydrogens is 988 g/mol. The van der Waals surface area contributed by atoms with Crippen LogP contribution in [-0.2, 0) is 26.5 Å².